The molecule has 0 aromatic heterocycles. The van der Waals surface area contributed by atoms with Gasteiger partial charge in [-0.3, -0.25) is 14.4 Å². The number of rotatable bonds is 15. The summed E-state index contributed by atoms with van der Waals surface area (Å²) in [6.45, 7) is 2.87. The van der Waals surface area contributed by atoms with Crippen LogP contribution in [0.4, 0.5) is 14.5 Å². The SMILES string of the molecule is CC(C)[C@@H](NC(=O)[C@@H](NC(=O)COc1ccc([C@@H]2[C@H](SCC(O)c3ccc(F)cc3)C(=O)N2c2ccc(F)cc2)cc1)c1ccccc1)C(=O)O. The molecule has 1 heterocycles. The van der Waals surface area contributed by atoms with Crippen LogP contribution < -0.4 is 20.3 Å². The number of β-lactam (4-membered cyclic amide) rings is 1. The number of aliphatic hydroxyl groups excluding tert-OH is 1. The molecule has 1 aliphatic rings. The Hall–Kier alpha value is -5.27. The molecule has 0 saturated carbocycles. The summed E-state index contributed by atoms with van der Waals surface area (Å²) >= 11 is 1.26. The molecule has 10 nitrogen and oxygen atoms in total. The van der Waals surface area contributed by atoms with E-state index in [4.69, 9.17) is 4.74 Å². The maximum atomic E-state index is 13.7. The van der Waals surface area contributed by atoms with Crippen LogP contribution in [0.5, 0.6) is 5.75 Å². The van der Waals surface area contributed by atoms with Crippen LogP contribution in [0.25, 0.3) is 0 Å². The molecule has 266 valence electrons. The number of carboxylic acids is 1. The molecule has 0 bridgehead atoms. The lowest BCUT2D eigenvalue weighted by atomic mass is 9.92. The number of aliphatic hydroxyl groups is 1. The molecule has 13 heteroatoms. The first kappa shape index (κ1) is 37.0. The summed E-state index contributed by atoms with van der Waals surface area (Å²) in [6.07, 6.45) is -0.938. The number of amides is 3. The van der Waals surface area contributed by atoms with Crippen LogP contribution in [-0.2, 0) is 19.2 Å². The van der Waals surface area contributed by atoms with Crippen molar-refractivity contribution in [2.24, 2.45) is 5.92 Å². The topological polar surface area (TPSA) is 145 Å². The van der Waals surface area contributed by atoms with E-state index in [2.05, 4.69) is 10.6 Å². The molecule has 0 aliphatic carbocycles. The summed E-state index contributed by atoms with van der Waals surface area (Å²) in [4.78, 5) is 52.8. The molecule has 4 N–H and O–H groups in total. The second kappa shape index (κ2) is 16.6. The van der Waals surface area contributed by atoms with Gasteiger partial charge in [0.15, 0.2) is 6.61 Å². The Morgan fingerprint density at radius 1 is 0.843 bits per heavy atom. The molecule has 1 fully saturated rings. The van der Waals surface area contributed by atoms with Gasteiger partial charge in [0.25, 0.3) is 5.91 Å². The van der Waals surface area contributed by atoms with Gasteiger partial charge in [-0.25, -0.2) is 13.6 Å². The third kappa shape index (κ3) is 9.10. The van der Waals surface area contributed by atoms with Crippen molar-refractivity contribution < 1.29 is 42.9 Å². The molecule has 1 saturated heterocycles. The number of nitrogens with one attached hydrogen (secondary N) is 2. The largest absolute Gasteiger partial charge is 0.484 e. The Labute approximate surface area is 297 Å². The summed E-state index contributed by atoms with van der Waals surface area (Å²) in [5.41, 5.74) is 2.20. The molecule has 4 aromatic carbocycles. The van der Waals surface area contributed by atoms with Crippen LogP contribution in [0.15, 0.2) is 103 Å². The number of hydrogen-bond donors (Lipinski definition) is 4. The van der Waals surface area contributed by atoms with E-state index in [0.29, 0.717) is 22.6 Å². The quantitative estimate of drug-likeness (QED) is 0.121. The number of hydrogen-bond acceptors (Lipinski definition) is 7. The average Bonchev–Trinajstić information content (AvgIpc) is 3.12. The van der Waals surface area contributed by atoms with E-state index in [1.807, 2.05) is 0 Å². The zero-order chi connectivity index (χ0) is 36.7. The first-order valence-electron chi connectivity index (χ1n) is 16.2. The maximum Gasteiger partial charge on any atom is 0.326 e. The van der Waals surface area contributed by atoms with E-state index < -0.39 is 71.4 Å². The molecule has 51 heavy (non-hydrogen) atoms. The van der Waals surface area contributed by atoms with Crippen molar-refractivity contribution >= 4 is 41.1 Å². The third-order valence-corrected chi connectivity index (χ3v) is 9.69. The highest BCUT2D eigenvalue weighted by molar-refractivity contribution is 8.00. The van der Waals surface area contributed by atoms with E-state index in [1.165, 1.54) is 60.3 Å². The Bertz CT molecular complexity index is 1830. The highest BCUT2D eigenvalue weighted by Crippen LogP contribution is 2.46. The minimum absolute atomic E-state index is 0.169. The standard InChI is InChI=1S/C38H37F2N3O7S/c1-22(2)32(38(48)49)42-36(46)33(24-6-4-3-5-7-24)41-31(45)20-50-29-18-10-25(11-19-29)34-35(37(47)43(34)28-16-14-27(40)15-17-28)51-21-30(44)23-8-12-26(39)13-9-23/h3-19,22,30,32-35,44H,20-21H2,1-2H3,(H,41,45)(H,42,46)(H,48,49)/t30?,32-,33+,34-,35+/m1/s1. The lowest BCUT2D eigenvalue weighted by molar-refractivity contribution is -0.143. The number of benzene rings is 4. The molecule has 1 unspecified atom stereocenters. The highest BCUT2D eigenvalue weighted by atomic mass is 32.2. The second-order valence-corrected chi connectivity index (χ2v) is 13.5. The minimum atomic E-state index is -1.19. The van der Waals surface area contributed by atoms with Crippen LogP contribution in [0.1, 0.15) is 48.7 Å². The van der Waals surface area contributed by atoms with Crippen molar-refractivity contribution in [1.29, 1.82) is 0 Å². The van der Waals surface area contributed by atoms with Gasteiger partial charge in [-0.2, -0.15) is 0 Å². The highest BCUT2D eigenvalue weighted by Gasteiger charge is 2.49. The number of halogens is 2. The van der Waals surface area contributed by atoms with Crippen LogP contribution in [0.3, 0.4) is 0 Å². The normalized spacial score (nSPS) is 17.2. The van der Waals surface area contributed by atoms with Crippen molar-refractivity contribution in [1.82, 2.24) is 10.6 Å². The predicted octanol–water partition coefficient (Wildman–Crippen LogP) is 5.35. The van der Waals surface area contributed by atoms with Gasteiger partial charge in [-0.1, -0.05) is 68.4 Å². The second-order valence-electron chi connectivity index (χ2n) is 12.3. The van der Waals surface area contributed by atoms with Crippen molar-refractivity contribution in [3.63, 3.8) is 0 Å². The number of ether oxygens (including phenoxy) is 1. The van der Waals surface area contributed by atoms with E-state index in [1.54, 1.807) is 73.3 Å². The van der Waals surface area contributed by atoms with Gasteiger partial charge in [-0.15, -0.1) is 11.8 Å². The molecule has 4 aromatic rings. The summed E-state index contributed by atoms with van der Waals surface area (Å²) in [7, 11) is 0. The fraction of sp³-hybridized carbons (Fsp3) is 0.263. The average molecular weight is 718 g/mol. The van der Waals surface area contributed by atoms with Gasteiger partial charge in [0.2, 0.25) is 11.8 Å². The maximum absolute atomic E-state index is 13.7. The molecule has 0 spiro atoms. The molecule has 1 aliphatic heterocycles. The van der Waals surface area contributed by atoms with Gasteiger partial charge in [0.05, 0.1) is 12.1 Å². The predicted molar refractivity (Wildman–Crippen MR) is 188 cm³/mol. The Kier molecular flexibility index (Phi) is 12.1. The van der Waals surface area contributed by atoms with Crippen molar-refractivity contribution in [2.45, 2.75) is 43.3 Å². The summed E-state index contributed by atoms with van der Waals surface area (Å²) < 4.78 is 32.8. The number of nitrogens with zero attached hydrogens (tertiary/aromatic N) is 1. The minimum Gasteiger partial charge on any atom is -0.484 e. The van der Waals surface area contributed by atoms with Crippen LogP contribution in [0, 0.1) is 17.6 Å². The molecular weight excluding hydrogens is 680 g/mol. The first-order chi connectivity index (χ1) is 24.4. The Morgan fingerprint density at radius 2 is 1.45 bits per heavy atom. The lowest BCUT2D eigenvalue weighted by Crippen LogP contribution is -2.57. The third-order valence-electron chi connectivity index (χ3n) is 8.36. The molecular formula is C38H37F2N3O7S. The summed E-state index contributed by atoms with van der Waals surface area (Å²) in [5, 5.41) is 24.8. The van der Waals surface area contributed by atoms with Gasteiger partial charge in [0.1, 0.15) is 34.7 Å². The molecule has 5 rings (SSSR count). The van der Waals surface area contributed by atoms with E-state index in [-0.39, 0.29) is 11.7 Å². The van der Waals surface area contributed by atoms with E-state index >= 15 is 0 Å². The lowest BCUT2D eigenvalue weighted by Gasteiger charge is -2.47. The molecule has 3 amide bonds. The number of carbonyl (C=O) groups excluding carboxylic acids is 3. The van der Waals surface area contributed by atoms with E-state index in [0.717, 1.165) is 5.56 Å². The van der Waals surface area contributed by atoms with Gasteiger partial charge in [-0.05, 0) is 71.1 Å². The van der Waals surface area contributed by atoms with Crippen LogP contribution in [0.2, 0.25) is 0 Å². The van der Waals surface area contributed by atoms with Gasteiger partial charge in [0, 0.05) is 11.4 Å². The van der Waals surface area contributed by atoms with Crippen molar-refractivity contribution in [3.05, 3.63) is 131 Å². The number of aliphatic carboxylic acids is 1. The Morgan fingerprint density at radius 3 is 2.04 bits per heavy atom. The summed E-state index contributed by atoms with van der Waals surface area (Å²) in [5.74, 6) is -3.49. The smallest absolute Gasteiger partial charge is 0.326 e. The zero-order valence-electron chi connectivity index (χ0n) is 27.7. The Balaban J connectivity index is 1.26. The van der Waals surface area contributed by atoms with Gasteiger partial charge >= 0.3 is 5.97 Å². The first-order valence-corrected chi connectivity index (χ1v) is 17.2. The van der Waals surface area contributed by atoms with Crippen LogP contribution in [-0.4, -0.2) is 57.6 Å². The molecule has 5 atom stereocenters. The van der Waals surface area contributed by atoms with E-state index in [9.17, 15) is 38.2 Å². The zero-order valence-corrected chi connectivity index (χ0v) is 28.6. The fourth-order valence-electron chi connectivity index (χ4n) is 5.62. The van der Waals surface area contributed by atoms with Gasteiger partial charge < -0.3 is 30.5 Å². The monoisotopic (exact) mass is 717 g/mol. The summed E-state index contributed by atoms with van der Waals surface area (Å²) in [6, 6.07) is 23.4. The van der Waals surface area contributed by atoms with Crippen LogP contribution >= 0.6 is 11.8 Å². The number of carboxylic acid groups (broad SMARTS) is 1. The fourth-order valence-corrected chi connectivity index (χ4v) is 6.92. The number of carbonyl (C=O) groups is 4. The van der Waals surface area contributed by atoms with Crippen molar-refractivity contribution in [3.8, 4) is 5.75 Å². The molecule has 0 radical (unpaired) electrons. The van der Waals surface area contributed by atoms with Crippen molar-refractivity contribution in [2.75, 3.05) is 17.3 Å². The number of anilines is 1. The number of thioether (sulfide) groups is 1.